The molecule has 0 aromatic heterocycles. The number of benzene rings is 2. The van der Waals surface area contributed by atoms with Crippen LogP contribution in [0.5, 0.6) is 0 Å². The number of amides is 1. The number of carbonyl (C=O) groups is 1. The van der Waals surface area contributed by atoms with Crippen LogP contribution in [0.25, 0.3) is 0 Å². The fourth-order valence-corrected chi connectivity index (χ4v) is 2.43. The van der Waals surface area contributed by atoms with Gasteiger partial charge in [-0.15, -0.1) is 0 Å². The molecule has 0 aliphatic carbocycles. The van der Waals surface area contributed by atoms with Crippen LogP contribution in [-0.4, -0.2) is 5.91 Å². The summed E-state index contributed by atoms with van der Waals surface area (Å²) in [6, 6.07) is 9.31. The molecule has 98 valence electrons. The smallest absolute Gasteiger partial charge is 0.259 e. The summed E-state index contributed by atoms with van der Waals surface area (Å²) < 4.78 is 14.7. The van der Waals surface area contributed by atoms with Crippen LogP contribution in [0.2, 0.25) is 5.02 Å². The van der Waals surface area contributed by atoms with Crippen molar-refractivity contribution in [2.75, 3.05) is 5.32 Å². The van der Waals surface area contributed by atoms with E-state index in [9.17, 15) is 9.18 Å². The Labute approximate surface area is 131 Å². The van der Waals surface area contributed by atoms with Crippen LogP contribution >= 0.6 is 43.5 Å². The Morgan fingerprint density at radius 3 is 2.53 bits per heavy atom. The van der Waals surface area contributed by atoms with E-state index in [0.29, 0.717) is 15.2 Å². The number of carbonyl (C=O) groups excluding carboxylic acids is 1. The van der Waals surface area contributed by atoms with Crippen molar-refractivity contribution < 1.29 is 9.18 Å². The number of hydrogen-bond acceptors (Lipinski definition) is 1. The van der Waals surface area contributed by atoms with Crippen molar-refractivity contribution in [3.05, 3.63) is 61.7 Å². The normalized spacial score (nSPS) is 10.3. The first-order valence-corrected chi connectivity index (χ1v) is 7.16. The Balaban J connectivity index is 2.28. The first kappa shape index (κ1) is 14.5. The van der Waals surface area contributed by atoms with E-state index in [-0.39, 0.29) is 5.56 Å². The second kappa shape index (κ2) is 6.03. The van der Waals surface area contributed by atoms with Crippen LogP contribution in [0.15, 0.2) is 45.3 Å². The van der Waals surface area contributed by atoms with Crippen molar-refractivity contribution >= 4 is 55.1 Å². The predicted molar refractivity (Wildman–Crippen MR) is 81.2 cm³/mol. The number of halogens is 4. The standard InChI is InChI=1S/C13H7Br2ClFNO/c14-8-5-4-7(6-10(8)16)18-13(19)12-9(15)2-1-3-11(12)17/h1-6H,(H,18,19). The van der Waals surface area contributed by atoms with Crippen LogP contribution < -0.4 is 5.32 Å². The average Bonchev–Trinajstić information content (AvgIpc) is 2.33. The molecule has 0 saturated heterocycles. The van der Waals surface area contributed by atoms with E-state index in [4.69, 9.17) is 11.6 Å². The fourth-order valence-electron chi connectivity index (χ4n) is 1.48. The van der Waals surface area contributed by atoms with E-state index in [1.807, 2.05) is 0 Å². The number of anilines is 1. The molecule has 0 aliphatic heterocycles. The second-order valence-electron chi connectivity index (χ2n) is 3.68. The number of rotatable bonds is 2. The molecule has 0 fully saturated rings. The highest BCUT2D eigenvalue weighted by Gasteiger charge is 2.15. The molecule has 1 amide bonds. The molecule has 1 N–H and O–H groups in total. The van der Waals surface area contributed by atoms with E-state index in [1.165, 1.54) is 12.1 Å². The zero-order chi connectivity index (χ0) is 14.0. The van der Waals surface area contributed by atoms with Crippen molar-refractivity contribution in [2.45, 2.75) is 0 Å². The van der Waals surface area contributed by atoms with Gasteiger partial charge in [-0.05, 0) is 62.2 Å². The lowest BCUT2D eigenvalue weighted by Crippen LogP contribution is -2.14. The van der Waals surface area contributed by atoms with E-state index in [0.717, 1.165) is 4.47 Å². The molecule has 2 rings (SSSR count). The molecule has 2 nitrogen and oxygen atoms in total. The highest BCUT2D eigenvalue weighted by atomic mass is 79.9. The van der Waals surface area contributed by atoms with Crippen molar-refractivity contribution in [3.8, 4) is 0 Å². The molecule has 19 heavy (non-hydrogen) atoms. The van der Waals surface area contributed by atoms with Gasteiger partial charge in [-0.25, -0.2) is 4.39 Å². The highest BCUT2D eigenvalue weighted by molar-refractivity contribution is 9.10. The highest BCUT2D eigenvalue weighted by Crippen LogP contribution is 2.26. The summed E-state index contributed by atoms with van der Waals surface area (Å²) in [7, 11) is 0. The van der Waals surface area contributed by atoms with Crippen molar-refractivity contribution in [1.29, 1.82) is 0 Å². The molecule has 6 heteroatoms. The van der Waals surface area contributed by atoms with Gasteiger partial charge in [-0.1, -0.05) is 17.7 Å². The van der Waals surface area contributed by atoms with Gasteiger partial charge in [0.25, 0.3) is 5.91 Å². The van der Waals surface area contributed by atoms with Gasteiger partial charge in [-0.2, -0.15) is 0 Å². The van der Waals surface area contributed by atoms with Gasteiger partial charge in [0.15, 0.2) is 0 Å². The summed E-state index contributed by atoms with van der Waals surface area (Å²) in [5.41, 5.74) is 0.454. The van der Waals surface area contributed by atoms with Crippen LogP contribution in [0.4, 0.5) is 10.1 Å². The molecule has 0 heterocycles. The van der Waals surface area contributed by atoms with Gasteiger partial charge in [0.2, 0.25) is 0 Å². The summed E-state index contributed by atoms with van der Waals surface area (Å²) in [6.45, 7) is 0. The third-order valence-electron chi connectivity index (χ3n) is 2.37. The Morgan fingerprint density at radius 1 is 1.16 bits per heavy atom. The molecule has 0 radical (unpaired) electrons. The molecule has 0 saturated carbocycles. The molecule has 2 aromatic carbocycles. The number of hydrogen-bond donors (Lipinski definition) is 1. The van der Waals surface area contributed by atoms with Crippen LogP contribution in [-0.2, 0) is 0 Å². The Hall–Kier alpha value is -0.910. The van der Waals surface area contributed by atoms with E-state index < -0.39 is 11.7 Å². The lowest BCUT2D eigenvalue weighted by molar-refractivity contribution is 0.102. The maximum atomic E-state index is 13.6. The number of nitrogens with one attached hydrogen (secondary N) is 1. The van der Waals surface area contributed by atoms with Crippen molar-refractivity contribution in [3.63, 3.8) is 0 Å². The van der Waals surface area contributed by atoms with Gasteiger partial charge < -0.3 is 5.32 Å². The molecule has 2 aromatic rings. The zero-order valence-corrected chi connectivity index (χ0v) is 13.3. The predicted octanol–water partition coefficient (Wildman–Crippen LogP) is 5.26. The summed E-state index contributed by atoms with van der Waals surface area (Å²) >= 11 is 12.3. The van der Waals surface area contributed by atoms with Gasteiger partial charge in [-0.3, -0.25) is 4.79 Å². The second-order valence-corrected chi connectivity index (χ2v) is 5.80. The summed E-state index contributed by atoms with van der Waals surface area (Å²) in [5.74, 6) is -1.13. The van der Waals surface area contributed by atoms with E-state index in [1.54, 1.807) is 24.3 Å². The first-order chi connectivity index (χ1) is 8.99. The van der Waals surface area contributed by atoms with Crippen LogP contribution in [0.1, 0.15) is 10.4 Å². The Bertz CT molecular complexity index is 628. The van der Waals surface area contributed by atoms with E-state index in [2.05, 4.69) is 37.2 Å². The van der Waals surface area contributed by atoms with Crippen LogP contribution in [0, 0.1) is 5.82 Å². The Kier molecular flexibility index (Phi) is 4.60. The largest absolute Gasteiger partial charge is 0.322 e. The van der Waals surface area contributed by atoms with E-state index >= 15 is 0 Å². The molecule has 0 unspecified atom stereocenters. The van der Waals surface area contributed by atoms with Gasteiger partial charge >= 0.3 is 0 Å². The van der Waals surface area contributed by atoms with Gasteiger partial charge in [0, 0.05) is 14.6 Å². The Morgan fingerprint density at radius 2 is 1.89 bits per heavy atom. The summed E-state index contributed by atoms with van der Waals surface area (Å²) in [6.07, 6.45) is 0. The lowest BCUT2D eigenvalue weighted by Gasteiger charge is -2.08. The van der Waals surface area contributed by atoms with Crippen molar-refractivity contribution in [1.82, 2.24) is 0 Å². The summed E-state index contributed by atoms with van der Waals surface area (Å²) in [4.78, 5) is 12.0. The van der Waals surface area contributed by atoms with Gasteiger partial charge in [0.05, 0.1) is 10.6 Å². The minimum atomic E-state index is -0.588. The van der Waals surface area contributed by atoms with Gasteiger partial charge in [0.1, 0.15) is 5.82 Å². The molecule has 0 aliphatic rings. The minimum Gasteiger partial charge on any atom is -0.322 e. The summed E-state index contributed by atoms with van der Waals surface area (Å²) in [5, 5.41) is 3.06. The third kappa shape index (κ3) is 3.35. The molecular weight excluding hydrogens is 400 g/mol. The molecule has 0 spiro atoms. The maximum Gasteiger partial charge on any atom is 0.259 e. The minimum absolute atomic E-state index is 0.0402. The first-order valence-electron chi connectivity index (χ1n) is 5.19. The van der Waals surface area contributed by atoms with Crippen molar-refractivity contribution in [2.24, 2.45) is 0 Å². The molecular formula is C13H7Br2ClFNO. The lowest BCUT2D eigenvalue weighted by atomic mass is 10.2. The van der Waals surface area contributed by atoms with Crippen LogP contribution in [0.3, 0.4) is 0 Å². The topological polar surface area (TPSA) is 29.1 Å². The maximum absolute atomic E-state index is 13.6. The molecule has 0 bridgehead atoms. The molecule has 0 atom stereocenters. The third-order valence-corrected chi connectivity index (χ3v) is 4.26. The SMILES string of the molecule is O=C(Nc1ccc(Br)c(Cl)c1)c1c(F)cccc1Br. The quantitative estimate of drug-likeness (QED) is 0.723. The fraction of sp³-hybridized carbons (Fsp3) is 0. The zero-order valence-electron chi connectivity index (χ0n) is 9.38. The monoisotopic (exact) mass is 405 g/mol. The average molecular weight is 407 g/mol.